The normalized spacial score (nSPS) is 11.1. The van der Waals surface area contributed by atoms with E-state index in [1.807, 2.05) is 18.2 Å². The molecule has 0 aliphatic carbocycles. The zero-order chi connectivity index (χ0) is 38.7. The van der Waals surface area contributed by atoms with E-state index in [1.165, 1.54) is 38.9 Å². The van der Waals surface area contributed by atoms with Gasteiger partial charge in [0.15, 0.2) is 0 Å². The lowest BCUT2D eigenvalue weighted by atomic mass is 9.98. The van der Waals surface area contributed by atoms with Gasteiger partial charge in [0.1, 0.15) is 11.3 Å². The van der Waals surface area contributed by atoms with E-state index in [1.54, 1.807) is 0 Å². The van der Waals surface area contributed by atoms with E-state index in [9.17, 15) is 0 Å². The maximum absolute atomic E-state index is 6.17. The highest BCUT2D eigenvalue weighted by atomic mass is 16.3. The van der Waals surface area contributed by atoms with Crippen LogP contribution >= 0.6 is 0 Å². The van der Waals surface area contributed by atoms with Gasteiger partial charge in [0.05, 0.1) is 5.69 Å². The molecule has 10 aromatic rings. The Morgan fingerprint density at radius 1 is 0.276 bits per heavy atom. The fourth-order valence-electron chi connectivity index (χ4n) is 7.88. The van der Waals surface area contributed by atoms with Gasteiger partial charge in [-0.15, -0.1) is 0 Å². The average molecular weight is 742 g/mol. The third-order valence-electron chi connectivity index (χ3n) is 10.9. The van der Waals surface area contributed by atoms with E-state index in [0.717, 1.165) is 56.0 Å². The second kappa shape index (κ2) is 15.5. The van der Waals surface area contributed by atoms with E-state index < -0.39 is 0 Å². The highest BCUT2D eigenvalue weighted by molar-refractivity contribution is 5.89. The van der Waals surface area contributed by atoms with Crippen molar-refractivity contribution in [2.24, 2.45) is 0 Å². The summed E-state index contributed by atoms with van der Waals surface area (Å²) < 4.78 is 6.17. The number of furan rings is 1. The first-order valence-corrected chi connectivity index (χ1v) is 19.7. The maximum atomic E-state index is 6.17. The topological polar surface area (TPSA) is 16.4 Å². The average Bonchev–Trinajstić information content (AvgIpc) is 3.76. The Bertz CT molecular complexity index is 2910. The van der Waals surface area contributed by atoms with Crippen molar-refractivity contribution in [3.05, 3.63) is 237 Å². The van der Waals surface area contributed by atoms with Gasteiger partial charge in [-0.3, -0.25) is 0 Å². The standard InChI is InChI=1S/C56H39NO/c1-3-12-40(13-4-1)41-22-24-42(25-23-41)44-30-34-51(35-31-44)57(54-20-9-8-19-53(54)47-14-5-2-6-15-47)52-36-32-45(33-37-52)43-26-28-46(29-27-43)48-17-11-18-49(38-48)56-39-50-16-7-10-21-55(50)58-56/h1-39H. The molecular formula is C56H39NO. The molecule has 0 spiro atoms. The zero-order valence-corrected chi connectivity index (χ0v) is 31.9. The summed E-state index contributed by atoms with van der Waals surface area (Å²) in [5.74, 6) is 0.880. The van der Waals surface area contributed by atoms with Crippen LogP contribution in [0.3, 0.4) is 0 Å². The molecule has 10 rings (SSSR count). The molecule has 0 N–H and O–H groups in total. The van der Waals surface area contributed by atoms with Crippen LogP contribution in [0.5, 0.6) is 0 Å². The molecule has 2 nitrogen and oxygen atoms in total. The van der Waals surface area contributed by atoms with Crippen LogP contribution in [0, 0.1) is 0 Å². The van der Waals surface area contributed by atoms with Crippen LogP contribution in [0.15, 0.2) is 241 Å². The van der Waals surface area contributed by atoms with Gasteiger partial charge in [0.25, 0.3) is 0 Å². The number of hydrogen-bond donors (Lipinski definition) is 0. The minimum Gasteiger partial charge on any atom is -0.456 e. The Hall–Kier alpha value is -7.68. The van der Waals surface area contributed by atoms with Gasteiger partial charge in [-0.25, -0.2) is 0 Å². The van der Waals surface area contributed by atoms with Crippen LogP contribution in [0.4, 0.5) is 17.1 Å². The molecule has 0 radical (unpaired) electrons. The van der Waals surface area contributed by atoms with Gasteiger partial charge in [-0.1, -0.05) is 188 Å². The lowest BCUT2D eigenvalue weighted by Crippen LogP contribution is -2.11. The maximum Gasteiger partial charge on any atom is 0.135 e. The summed E-state index contributed by atoms with van der Waals surface area (Å²) in [6, 6.07) is 84.2. The smallest absolute Gasteiger partial charge is 0.135 e. The minimum atomic E-state index is 0.880. The summed E-state index contributed by atoms with van der Waals surface area (Å²) in [5, 5.41) is 1.11. The molecule has 0 bridgehead atoms. The molecular weight excluding hydrogens is 703 g/mol. The first kappa shape index (κ1) is 34.8. The fraction of sp³-hybridized carbons (Fsp3) is 0. The molecule has 2 heteroatoms. The van der Waals surface area contributed by atoms with Crippen molar-refractivity contribution in [3.8, 4) is 67.0 Å². The van der Waals surface area contributed by atoms with E-state index in [0.29, 0.717) is 0 Å². The molecule has 9 aromatic carbocycles. The van der Waals surface area contributed by atoms with Crippen molar-refractivity contribution in [1.82, 2.24) is 0 Å². The largest absolute Gasteiger partial charge is 0.456 e. The summed E-state index contributed by atoms with van der Waals surface area (Å²) in [6.45, 7) is 0. The highest BCUT2D eigenvalue weighted by Gasteiger charge is 2.18. The molecule has 274 valence electrons. The third kappa shape index (κ3) is 7.00. The number of benzene rings is 9. The van der Waals surface area contributed by atoms with E-state index in [2.05, 4.69) is 223 Å². The van der Waals surface area contributed by atoms with Gasteiger partial charge >= 0.3 is 0 Å². The Balaban J connectivity index is 0.952. The van der Waals surface area contributed by atoms with Crippen LogP contribution in [0.2, 0.25) is 0 Å². The predicted octanol–water partition coefficient (Wildman–Crippen LogP) is 15.9. The molecule has 0 aliphatic heterocycles. The lowest BCUT2D eigenvalue weighted by Gasteiger charge is -2.28. The van der Waals surface area contributed by atoms with Gasteiger partial charge in [0, 0.05) is 27.9 Å². The second-order valence-corrected chi connectivity index (χ2v) is 14.6. The van der Waals surface area contributed by atoms with Crippen molar-refractivity contribution in [2.75, 3.05) is 4.90 Å². The van der Waals surface area contributed by atoms with Crippen LogP contribution < -0.4 is 4.90 Å². The van der Waals surface area contributed by atoms with Gasteiger partial charge in [-0.2, -0.15) is 0 Å². The Labute approximate surface area is 339 Å². The van der Waals surface area contributed by atoms with Crippen LogP contribution in [-0.4, -0.2) is 0 Å². The van der Waals surface area contributed by atoms with Crippen molar-refractivity contribution in [3.63, 3.8) is 0 Å². The van der Waals surface area contributed by atoms with Crippen LogP contribution in [-0.2, 0) is 0 Å². The Morgan fingerprint density at radius 2 is 0.690 bits per heavy atom. The Morgan fingerprint density at radius 3 is 1.26 bits per heavy atom. The number of anilines is 3. The first-order valence-electron chi connectivity index (χ1n) is 19.7. The molecule has 0 saturated heterocycles. The molecule has 0 saturated carbocycles. The molecule has 1 aromatic heterocycles. The molecule has 0 unspecified atom stereocenters. The second-order valence-electron chi connectivity index (χ2n) is 14.6. The number of rotatable bonds is 9. The van der Waals surface area contributed by atoms with Crippen LogP contribution in [0.1, 0.15) is 0 Å². The fourth-order valence-corrected chi connectivity index (χ4v) is 7.88. The van der Waals surface area contributed by atoms with Crippen molar-refractivity contribution < 1.29 is 4.42 Å². The predicted molar refractivity (Wildman–Crippen MR) is 244 cm³/mol. The zero-order valence-electron chi connectivity index (χ0n) is 31.9. The molecule has 1 heterocycles. The Kier molecular flexibility index (Phi) is 9.27. The lowest BCUT2D eigenvalue weighted by molar-refractivity contribution is 0.631. The molecule has 0 atom stereocenters. The summed E-state index contributed by atoms with van der Waals surface area (Å²) in [6.07, 6.45) is 0. The minimum absolute atomic E-state index is 0.880. The number of nitrogens with zero attached hydrogens (tertiary/aromatic N) is 1. The van der Waals surface area contributed by atoms with E-state index >= 15 is 0 Å². The summed E-state index contributed by atoms with van der Waals surface area (Å²) in [7, 11) is 0. The van der Waals surface area contributed by atoms with Gasteiger partial charge in [0.2, 0.25) is 0 Å². The molecule has 0 amide bonds. The highest BCUT2D eigenvalue weighted by Crippen LogP contribution is 2.42. The van der Waals surface area contributed by atoms with Gasteiger partial charge < -0.3 is 9.32 Å². The number of fused-ring (bicyclic) bond motifs is 1. The quantitative estimate of drug-likeness (QED) is 0.146. The van der Waals surface area contributed by atoms with E-state index in [4.69, 9.17) is 4.42 Å². The first-order chi connectivity index (χ1) is 28.7. The van der Waals surface area contributed by atoms with Crippen molar-refractivity contribution in [1.29, 1.82) is 0 Å². The molecule has 0 aliphatic rings. The van der Waals surface area contributed by atoms with Crippen LogP contribution in [0.25, 0.3) is 77.9 Å². The van der Waals surface area contributed by atoms with E-state index in [-0.39, 0.29) is 0 Å². The monoisotopic (exact) mass is 741 g/mol. The molecule has 0 fully saturated rings. The van der Waals surface area contributed by atoms with Crippen molar-refractivity contribution >= 4 is 28.0 Å². The SMILES string of the molecule is c1ccc(-c2ccc(-c3ccc(N(c4ccc(-c5ccc(-c6cccc(-c7cc8ccccc8o7)c6)cc5)cc4)c4ccccc4-c4ccccc4)cc3)cc2)cc1. The van der Waals surface area contributed by atoms with Crippen molar-refractivity contribution in [2.45, 2.75) is 0 Å². The number of hydrogen-bond acceptors (Lipinski definition) is 2. The summed E-state index contributed by atoms with van der Waals surface area (Å²) in [4.78, 5) is 2.37. The molecule has 58 heavy (non-hydrogen) atoms. The number of para-hydroxylation sites is 2. The summed E-state index contributed by atoms with van der Waals surface area (Å²) >= 11 is 0. The van der Waals surface area contributed by atoms with Gasteiger partial charge in [-0.05, 0) is 98.6 Å². The third-order valence-corrected chi connectivity index (χ3v) is 10.9. The summed E-state index contributed by atoms with van der Waals surface area (Å²) in [5.41, 5.74) is 17.1.